The molecule has 132 valence electrons. The van der Waals surface area contributed by atoms with Gasteiger partial charge in [0.2, 0.25) is 0 Å². The van der Waals surface area contributed by atoms with Gasteiger partial charge in [-0.1, -0.05) is 25.1 Å². The number of nitrogens with one attached hydrogen (secondary N) is 1. The summed E-state index contributed by atoms with van der Waals surface area (Å²) >= 11 is 0. The van der Waals surface area contributed by atoms with E-state index in [0.717, 1.165) is 24.9 Å². The van der Waals surface area contributed by atoms with Crippen LogP contribution in [0.2, 0.25) is 0 Å². The van der Waals surface area contributed by atoms with E-state index < -0.39 is 5.97 Å². The summed E-state index contributed by atoms with van der Waals surface area (Å²) in [5, 5.41) is 6.58. The monoisotopic (exact) mass is 342 g/mol. The lowest BCUT2D eigenvalue weighted by Gasteiger charge is -2.09. The van der Waals surface area contributed by atoms with Crippen molar-refractivity contribution in [3.8, 4) is 0 Å². The lowest BCUT2D eigenvalue weighted by atomic mass is 10.1. The number of hydrogen-bond acceptors (Lipinski definition) is 5. The third-order valence-corrected chi connectivity index (χ3v) is 4.33. The number of esters is 1. The maximum absolute atomic E-state index is 12.3. The molecule has 1 heterocycles. The second-order valence-corrected chi connectivity index (χ2v) is 6.62. The molecular weight excluding hydrogens is 320 g/mol. The van der Waals surface area contributed by atoms with Gasteiger partial charge in [0.1, 0.15) is 5.56 Å². The highest BCUT2D eigenvalue weighted by molar-refractivity contribution is 5.96. The number of fused-ring (bicyclic) bond motifs is 1. The van der Waals surface area contributed by atoms with Crippen molar-refractivity contribution in [1.82, 2.24) is 5.16 Å². The molecule has 1 aliphatic rings. The Morgan fingerprint density at radius 2 is 2.04 bits per heavy atom. The number of hydrogen-bond donors (Lipinski definition) is 1. The van der Waals surface area contributed by atoms with Crippen molar-refractivity contribution in [3.63, 3.8) is 0 Å². The number of benzene rings is 1. The van der Waals surface area contributed by atoms with Crippen molar-refractivity contribution < 1.29 is 18.8 Å². The topological polar surface area (TPSA) is 81.4 Å². The molecule has 25 heavy (non-hydrogen) atoms. The molecule has 1 amide bonds. The summed E-state index contributed by atoms with van der Waals surface area (Å²) < 4.78 is 10.3. The van der Waals surface area contributed by atoms with Gasteiger partial charge in [0.25, 0.3) is 5.91 Å². The van der Waals surface area contributed by atoms with Crippen molar-refractivity contribution in [3.05, 3.63) is 46.3 Å². The largest absolute Gasteiger partial charge is 0.452 e. The number of carbonyl (C=O) groups is 2. The number of nitrogens with zero attached hydrogens (tertiary/aromatic N) is 1. The molecule has 1 aromatic carbocycles. The van der Waals surface area contributed by atoms with Crippen LogP contribution in [-0.2, 0) is 22.4 Å². The first-order valence-corrected chi connectivity index (χ1v) is 8.50. The lowest BCUT2D eigenvalue weighted by Crippen LogP contribution is -2.21. The molecule has 0 spiro atoms. The van der Waals surface area contributed by atoms with Gasteiger partial charge in [0, 0.05) is 11.6 Å². The summed E-state index contributed by atoms with van der Waals surface area (Å²) in [5.41, 5.74) is 4.11. The highest BCUT2D eigenvalue weighted by Gasteiger charge is 2.24. The Bertz CT molecular complexity index is 808. The van der Waals surface area contributed by atoms with Gasteiger partial charge in [-0.15, -0.1) is 0 Å². The number of rotatable bonds is 5. The minimum Gasteiger partial charge on any atom is -0.452 e. The predicted octanol–water partition coefficient (Wildman–Crippen LogP) is 3.39. The highest BCUT2D eigenvalue weighted by Crippen LogP contribution is 2.25. The molecule has 1 aliphatic carbocycles. The number of ether oxygens (including phenoxy) is 1. The van der Waals surface area contributed by atoms with Gasteiger partial charge < -0.3 is 14.6 Å². The fraction of sp³-hybridized carbons (Fsp3) is 0.421. The van der Waals surface area contributed by atoms with Crippen molar-refractivity contribution in [2.75, 3.05) is 11.9 Å². The molecule has 0 fully saturated rings. The second-order valence-electron chi connectivity index (χ2n) is 6.62. The average molecular weight is 342 g/mol. The Labute approximate surface area is 146 Å². The summed E-state index contributed by atoms with van der Waals surface area (Å²) in [6.07, 6.45) is 3.29. The zero-order chi connectivity index (χ0) is 18.0. The maximum atomic E-state index is 12.3. The van der Waals surface area contributed by atoms with Crippen LogP contribution in [-0.4, -0.2) is 23.6 Å². The average Bonchev–Trinajstić information content (AvgIpc) is 3.18. The van der Waals surface area contributed by atoms with Crippen LogP contribution in [0.5, 0.6) is 0 Å². The van der Waals surface area contributed by atoms with Crippen LogP contribution < -0.4 is 5.32 Å². The van der Waals surface area contributed by atoms with E-state index in [2.05, 4.69) is 10.5 Å². The summed E-state index contributed by atoms with van der Waals surface area (Å²) in [5.74, 6) is -0.483. The Morgan fingerprint density at radius 1 is 1.28 bits per heavy atom. The maximum Gasteiger partial charge on any atom is 0.344 e. The van der Waals surface area contributed by atoms with Crippen molar-refractivity contribution in [2.24, 2.45) is 0 Å². The molecule has 6 nitrogen and oxygen atoms in total. The van der Waals surface area contributed by atoms with Gasteiger partial charge in [-0.05, 0) is 49.4 Å². The molecule has 0 saturated heterocycles. The number of amides is 1. The van der Waals surface area contributed by atoms with Crippen LogP contribution in [0.15, 0.2) is 22.7 Å². The molecule has 1 aromatic heterocycles. The standard InChI is InChI=1S/C19H22N2O4/c1-11(2)18-17(12(3)21-25-18)19(23)24-10-16(22)20-15-8-7-13-5-4-6-14(13)9-15/h7-9,11H,4-6,10H2,1-3H3,(H,20,22). The van der Waals surface area contributed by atoms with E-state index in [1.807, 2.05) is 32.0 Å². The Morgan fingerprint density at radius 3 is 2.80 bits per heavy atom. The quantitative estimate of drug-likeness (QED) is 0.842. The van der Waals surface area contributed by atoms with Crippen LogP contribution >= 0.6 is 0 Å². The van der Waals surface area contributed by atoms with Gasteiger partial charge in [-0.3, -0.25) is 4.79 Å². The fourth-order valence-electron chi connectivity index (χ4n) is 3.08. The minimum absolute atomic E-state index is 0.00369. The fourth-order valence-corrected chi connectivity index (χ4v) is 3.08. The molecule has 3 rings (SSSR count). The Hall–Kier alpha value is -2.63. The highest BCUT2D eigenvalue weighted by atomic mass is 16.5. The van der Waals surface area contributed by atoms with E-state index in [1.54, 1.807) is 6.92 Å². The van der Waals surface area contributed by atoms with Crippen molar-refractivity contribution in [1.29, 1.82) is 0 Å². The molecule has 1 N–H and O–H groups in total. The van der Waals surface area contributed by atoms with E-state index in [1.165, 1.54) is 11.1 Å². The summed E-state index contributed by atoms with van der Waals surface area (Å²) in [6.45, 7) is 5.13. The van der Waals surface area contributed by atoms with Crippen LogP contribution in [0.4, 0.5) is 5.69 Å². The predicted molar refractivity (Wildman–Crippen MR) is 92.7 cm³/mol. The molecule has 0 saturated carbocycles. The minimum atomic E-state index is -0.591. The molecule has 0 bridgehead atoms. The van der Waals surface area contributed by atoms with E-state index in [4.69, 9.17) is 9.26 Å². The van der Waals surface area contributed by atoms with E-state index in [-0.39, 0.29) is 18.4 Å². The third-order valence-electron chi connectivity index (χ3n) is 4.33. The normalized spacial score (nSPS) is 13.0. The van der Waals surface area contributed by atoms with Gasteiger partial charge in [0.05, 0.1) is 5.69 Å². The summed E-state index contributed by atoms with van der Waals surface area (Å²) in [6, 6.07) is 5.91. The molecule has 0 atom stereocenters. The van der Waals surface area contributed by atoms with Crippen LogP contribution in [0.25, 0.3) is 0 Å². The van der Waals surface area contributed by atoms with Crippen molar-refractivity contribution in [2.45, 2.75) is 46.0 Å². The smallest absolute Gasteiger partial charge is 0.344 e. The van der Waals surface area contributed by atoms with E-state index in [9.17, 15) is 9.59 Å². The van der Waals surface area contributed by atoms with E-state index in [0.29, 0.717) is 17.0 Å². The first-order chi connectivity index (χ1) is 12.0. The first kappa shape index (κ1) is 17.2. The first-order valence-electron chi connectivity index (χ1n) is 8.50. The number of aromatic nitrogens is 1. The summed E-state index contributed by atoms with van der Waals surface area (Å²) in [4.78, 5) is 24.3. The molecule has 6 heteroatoms. The van der Waals surface area contributed by atoms with Gasteiger partial charge in [0.15, 0.2) is 12.4 Å². The Kier molecular flexibility index (Phi) is 4.88. The lowest BCUT2D eigenvalue weighted by molar-refractivity contribution is -0.119. The van der Waals surface area contributed by atoms with Gasteiger partial charge in [-0.2, -0.15) is 0 Å². The van der Waals surface area contributed by atoms with Crippen LogP contribution in [0, 0.1) is 6.92 Å². The molecule has 0 unspecified atom stereocenters. The molecule has 0 radical (unpaired) electrons. The zero-order valence-electron chi connectivity index (χ0n) is 14.7. The molecule has 2 aromatic rings. The molecule has 0 aliphatic heterocycles. The van der Waals surface area contributed by atoms with Crippen LogP contribution in [0.3, 0.4) is 0 Å². The second kappa shape index (κ2) is 7.09. The van der Waals surface area contributed by atoms with Crippen molar-refractivity contribution >= 4 is 17.6 Å². The zero-order valence-corrected chi connectivity index (χ0v) is 14.7. The SMILES string of the molecule is Cc1noc(C(C)C)c1C(=O)OCC(=O)Nc1ccc2c(c1)CCC2. The van der Waals surface area contributed by atoms with Crippen LogP contribution in [0.1, 0.15) is 59.1 Å². The Balaban J connectivity index is 1.59. The van der Waals surface area contributed by atoms with Gasteiger partial charge in [-0.25, -0.2) is 4.79 Å². The molecular formula is C19H22N2O4. The number of anilines is 1. The van der Waals surface area contributed by atoms with E-state index >= 15 is 0 Å². The van der Waals surface area contributed by atoms with Gasteiger partial charge >= 0.3 is 5.97 Å². The number of aryl methyl sites for hydroxylation is 3. The summed E-state index contributed by atoms with van der Waals surface area (Å²) in [7, 11) is 0. The number of carbonyl (C=O) groups excluding carboxylic acids is 2. The third kappa shape index (κ3) is 3.73.